The van der Waals surface area contributed by atoms with E-state index in [4.69, 9.17) is 0 Å². The first kappa shape index (κ1) is 23.0. The highest BCUT2D eigenvalue weighted by Crippen LogP contribution is 2.33. The van der Waals surface area contributed by atoms with E-state index in [1.54, 1.807) is 0 Å². The van der Waals surface area contributed by atoms with Gasteiger partial charge in [-0.05, 0) is 31.2 Å². The molecule has 166 valence electrons. The van der Waals surface area contributed by atoms with Crippen LogP contribution >= 0.6 is 11.3 Å². The minimum absolute atomic E-state index is 0.167. The van der Waals surface area contributed by atoms with Crippen molar-refractivity contribution in [2.75, 3.05) is 18.4 Å². The van der Waals surface area contributed by atoms with Crippen LogP contribution in [0.4, 0.5) is 18.3 Å². The summed E-state index contributed by atoms with van der Waals surface area (Å²) in [5.41, 5.74) is -0.448. The molecule has 12 heteroatoms. The Labute approximate surface area is 180 Å². The first-order valence-electron chi connectivity index (χ1n) is 9.13. The molecule has 0 saturated carbocycles. The van der Waals surface area contributed by atoms with Gasteiger partial charge in [0, 0.05) is 13.1 Å². The molecule has 0 aliphatic rings. The molecule has 0 spiro atoms. The molecule has 1 aromatic heterocycles. The molecule has 31 heavy (non-hydrogen) atoms. The minimum Gasteiger partial charge on any atom is -0.360 e. The normalized spacial score (nSPS) is 13.2. The number of nitrogens with one attached hydrogen (secondary N) is 3. The molecule has 0 radical (unpaired) electrons. The summed E-state index contributed by atoms with van der Waals surface area (Å²) in [7, 11) is -4.56. The molecule has 1 heterocycles. The van der Waals surface area contributed by atoms with E-state index < -0.39 is 38.6 Å². The number of fused-ring (bicyclic) bond motifs is 1. The molecular weight excluding hydrogens is 453 g/mol. The topological polar surface area (TPSA) is 100 Å². The Balaban J connectivity index is 1.54. The summed E-state index contributed by atoms with van der Waals surface area (Å²) < 4.78 is 67.1. The Hall–Kier alpha value is -2.70. The number of amides is 1. The smallest absolute Gasteiger partial charge is 0.360 e. The average molecular weight is 473 g/mol. The van der Waals surface area contributed by atoms with Crippen molar-refractivity contribution >= 4 is 42.6 Å². The third-order valence-electron chi connectivity index (χ3n) is 4.20. The fourth-order valence-corrected chi connectivity index (χ4v) is 5.06. The van der Waals surface area contributed by atoms with Crippen LogP contribution in [0.25, 0.3) is 10.2 Å². The summed E-state index contributed by atoms with van der Waals surface area (Å²) in [6.07, 6.45) is -4.84. The molecule has 0 aliphatic carbocycles. The van der Waals surface area contributed by atoms with Gasteiger partial charge >= 0.3 is 6.18 Å². The molecule has 1 atom stereocenters. The van der Waals surface area contributed by atoms with Crippen LogP contribution in [-0.2, 0) is 21.0 Å². The second-order valence-electron chi connectivity index (χ2n) is 6.54. The molecule has 1 amide bonds. The second kappa shape index (κ2) is 9.20. The zero-order chi connectivity index (χ0) is 22.6. The van der Waals surface area contributed by atoms with Crippen LogP contribution in [0.3, 0.4) is 0 Å². The van der Waals surface area contributed by atoms with Crippen LogP contribution in [0.2, 0.25) is 0 Å². The SMILES string of the molecule is C[C@H](NS(=O)(=O)c1ccccc1C(F)(F)F)C(=O)NCCNc1nc2ccccc2s1. The van der Waals surface area contributed by atoms with Crippen molar-refractivity contribution in [2.45, 2.75) is 24.0 Å². The highest BCUT2D eigenvalue weighted by atomic mass is 32.2. The Morgan fingerprint density at radius 2 is 1.77 bits per heavy atom. The number of thiazole rings is 1. The van der Waals surface area contributed by atoms with Crippen LogP contribution in [0.15, 0.2) is 53.4 Å². The molecule has 0 saturated heterocycles. The fraction of sp³-hybridized carbons (Fsp3) is 0.263. The highest BCUT2D eigenvalue weighted by molar-refractivity contribution is 7.89. The van der Waals surface area contributed by atoms with Gasteiger partial charge in [-0.3, -0.25) is 4.79 Å². The van der Waals surface area contributed by atoms with Gasteiger partial charge in [0.15, 0.2) is 5.13 Å². The Bertz CT molecular complexity index is 1150. The van der Waals surface area contributed by atoms with Crippen LogP contribution in [0.1, 0.15) is 12.5 Å². The molecule has 0 unspecified atom stereocenters. The van der Waals surface area contributed by atoms with Gasteiger partial charge in [0.25, 0.3) is 0 Å². The van der Waals surface area contributed by atoms with Gasteiger partial charge < -0.3 is 10.6 Å². The van der Waals surface area contributed by atoms with Gasteiger partial charge in [-0.1, -0.05) is 35.6 Å². The predicted octanol–water partition coefficient (Wildman–Crippen LogP) is 3.21. The van der Waals surface area contributed by atoms with Crippen molar-refractivity contribution in [3.63, 3.8) is 0 Å². The molecule has 0 bridgehead atoms. The van der Waals surface area contributed by atoms with E-state index in [0.29, 0.717) is 17.7 Å². The zero-order valence-corrected chi connectivity index (χ0v) is 17.9. The number of para-hydroxylation sites is 1. The van der Waals surface area contributed by atoms with E-state index in [9.17, 15) is 26.4 Å². The largest absolute Gasteiger partial charge is 0.417 e. The first-order valence-corrected chi connectivity index (χ1v) is 11.4. The summed E-state index contributed by atoms with van der Waals surface area (Å²) in [5.74, 6) is -0.667. The number of nitrogens with zero attached hydrogens (tertiary/aromatic N) is 1. The minimum atomic E-state index is -4.84. The van der Waals surface area contributed by atoms with Crippen LogP contribution in [-0.4, -0.2) is 38.4 Å². The maximum Gasteiger partial charge on any atom is 0.417 e. The van der Waals surface area contributed by atoms with Crippen molar-refractivity contribution in [3.8, 4) is 0 Å². The molecule has 3 N–H and O–H groups in total. The zero-order valence-electron chi connectivity index (χ0n) is 16.2. The average Bonchev–Trinajstić information content (AvgIpc) is 3.13. The Morgan fingerprint density at radius 3 is 2.48 bits per heavy atom. The molecular formula is C19H19F3N4O3S2. The van der Waals surface area contributed by atoms with E-state index in [1.165, 1.54) is 24.3 Å². The number of benzene rings is 2. The van der Waals surface area contributed by atoms with E-state index in [0.717, 1.165) is 22.3 Å². The predicted molar refractivity (Wildman–Crippen MR) is 112 cm³/mol. The lowest BCUT2D eigenvalue weighted by molar-refractivity contribution is -0.139. The fourth-order valence-electron chi connectivity index (χ4n) is 2.74. The van der Waals surface area contributed by atoms with Crippen molar-refractivity contribution in [2.24, 2.45) is 0 Å². The molecule has 7 nitrogen and oxygen atoms in total. The number of hydrogen-bond acceptors (Lipinski definition) is 6. The van der Waals surface area contributed by atoms with Crippen LogP contribution in [0, 0.1) is 0 Å². The van der Waals surface area contributed by atoms with E-state index in [-0.39, 0.29) is 6.54 Å². The molecule has 0 aliphatic heterocycles. The van der Waals surface area contributed by atoms with Crippen LogP contribution in [0.5, 0.6) is 0 Å². The lowest BCUT2D eigenvalue weighted by Crippen LogP contribution is -2.46. The molecule has 3 rings (SSSR count). The summed E-state index contributed by atoms with van der Waals surface area (Å²) in [5, 5.41) is 6.26. The van der Waals surface area contributed by atoms with Gasteiger partial charge in [-0.25, -0.2) is 13.4 Å². The highest BCUT2D eigenvalue weighted by Gasteiger charge is 2.37. The summed E-state index contributed by atoms with van der Waals surface area (Å²) in [6.45, 7) is 1.76. The molecule has 0 fully saturated rings. The summed E-state index contributed by atoms with van der Waals surface area (Å²) in [4.78, 5) is 15.6. The molecule has 2 aromatic carbocycles. The quantitative estimate of drug-likeness (QED) is 0.437. The van der Waals surface area contributed by atoms with Gasteiger partial charge in [0.05, 0.1) is 26.7 Å². The number of carbonyl (C=O) groups is 1. The van der Waals surface area contributed by atoms with E-state index >= 15 is 0 Å². The number of carbonyl (C=O) groups excluding carboxylic acids is 1. The number of hydrogen-bond donors (Lipinski definition) is 3. The second-order valence-corrected chi connectivity index (χ2v) is 9.25. The van der Waals surface area contributed by atoms with Gasteiger partial charge in [-0.15, -0.1) is 0 Å². The standard InChI is InChI=1S/C19H19F3N4O3S2/c1-12(26-31(28,29)16-9-5-2-6-13(16)19(20,21)22)17(27)23-10-11-24-18-25-14-7-3-4-8-15(14)30-18/h2-9,12,26H,10-11H2,1H3,(H,23,27)(H,24,25)/t12-/m0/s1. The third-order valence-corrected chi connectivity index (χ3v) is 6.79. The van der Waals surface area contributed by atoms with Gasteiger partial charge in [0.1, 0.15) is 0 Å². The van der Waals surface area contributed by atoms with E-state index in [2.05, 4.69) is 15.6 Å². The lowest BCUT2D eigenvalue weighted by Gasteiger charge is -2.17. The lowest BCUT2D eigenvalue weighted by atomic mass is 10.2. The number of rotatable bonds is 8. The van der Waals surface area contributed by atoms with Gasteiger partial charge in [0.2, 0.25) is 15.9 Å². The molecule has 3 aromatic rings. The number of sulfonamides is 1. The number of anilines is 1. The number of aromatic nitrogens is 1. The number of alkyl halides is 3. The van der Waals surface area contributed by atoms with Crippen LogP contribution < -0.4 is 15.4 Å². The van der Waals surface area contributed by atoms with Gasteiger partial charge in [-0.2, -0.15) is 17.9 Å². The monoisotopic (exact) mass is 472 g/mol. The summed E-state index contributed by atoms with van der Waals surface area (Å²) in [6, 6.07) is 10.1. The first-order chi connectivity index (χ1) is 14.6. The Kier molecular flexibility index (Phi) is 6.82. The third kappa shape index (κ3) is 5.71. The van der Waals surface area contributed by atoms with Crippen molar-refractivity contribution in [1.82, 2.24) is 15.0 Å². The summed E-state index contributed by atoms with van der Waals surface area (Å²) >= 11 is 1.45. The maximum atomic E-state index is 13.1. The van der Waals surface area contributed by atoms with E-state index in [1.807, 2.05) is 29.0 Å². The van der Waals surface area contributed by atoms with Crippen molar-refractivity contribution in [3.05, 3.63) is 54.1 Å². The number of halogens is 3. The van der Waals surface area contributed by atoms with Crippen molar-refractivity contribution < 1.29 is 26.4 Å². The maximum absolute atomic E-state index is 13.1. The van der Waals surface area contributed by atoms with Crippen molar-refractivity contribution in [1.29, 1.82) is 0 Å². The Morgan fingerprint density at radius 1 is 1.10 bits per heavy atom.